The molecule has 5 rings (SSSR count). The van der Waals surface area contributed by atoms with Gasteiger partial charge in [0, 0.05) is 23.8 Å². The van der Waals surface area contributed by atoms with Crippen LogP contribution in [0.1, 0.15) is 119 Å². The predicted molar refractivity (Wildman–Crippen MR) is 136 cm³/mol. The molecule has 3 aliphatic carbocycles. The van der Waals surface area contributed by atoms with Crippen molar-refractivity contribution < 1.29 is 14.3 Å². The van der Waals surface area contributed by atoms with Gasteiger partial charge in [0.2, 0.25) is 5.89 Å². The molecule has 0 amide bonds. The summed E-state index contributed by atoms with van der Waals surface area (Å²) >= 11 is 0. The molecule has 0 unspecified atom stereocenters. The molecule has 1 aromatic carbocycles. The van der Waals surface area contributed by atoms with Gasteiger partial charge in [0.05, 0.1) is 5.69 Å². The highest BCUT2D eigenvalue weighted by Gasteiger charge is 2.30. The van der Waals surface area contributed by atoms with E-state index in [2.05, 4.69) is 36.4 Å². The van der Waals surface area contributed by atoms with E-state index in [1.54, 1.807) is 0 Å². The number of hydrogen-bond acceptors (Lipinski definition) is 3. The van der Waals surface area contributed by atoms with Crippen molar-refractivity contribution in [3.8, 4) is 11.5 Å². The molecule has 0 radical (unpaired) electrons. The molecule has 1 heterocycles. The van der Waals surface area contributed by atoms with Crippen LogP contribution in [-0.2, 0) is 4.79 Å². The second-order valence-corrected chi connectivity index (χ2v) is 10.4. The van der Waals surface area contributed by atoms with Crippen LogP contribution in [0.4, 0.5) is 0 Å². The van der Waals surface area contributed by atoms with E-state index in [4.69, 9.17) is 14.5 Å². The van der Waals surface area contributed by atoms with Crippen molar-refractivity contribution in [3.63, 3.8) is 0 Å². The van der Waals surface area contributed by atoms with Crippen LogP contribution in [0.25, 0.3) is 17.0 Å². The minimum absolute atomic E-state index is 0.173. The smallest absolute Gasteiger partial charge is 0.303 e. The van der Waals surface area contributed by atoms with Crippen molar-refractivity contribution in [2.24, 2.45) is 0 Å². The molecule has 2 aromatic rings. The number of allylic oxidation sites excluding steroid dienone is 4. The summed E-state index contributed by atoms with van der Waals surface area (Å²) in [4.78, 5) is 16.3. The van der Waals surface area contributed by atoms with Gasteiger partial charge in [-0.1, -0.05) is 74.4 Å². The molecule has 0 saturated heterocycles. The van der Waals surface area contributed by atoms with Crippen molar-refractivity contribution in [1.82, 2.24) is 4.98 Å². The number of nitrogens with zero attached hydrogens (tertiary/aromatic N) is 1. The molecule has 0 spiro atoms. The lowest BCUT2D eigenvalue weighted by Gasteiger charge is -2.24. The summed E-state index contributed by atoms with van der Waals surface area (Å²) in [6.45, 7) is 0. The van der Waals surface area contributed by atoms with Gasteiger partial charge in [-0.25, -0.2) is 4.98 Å². The Bertz CT molecular complexity index is 1030. The monoisotopic (exact) mass is 459 g/mol. The molecule has 0 aliphatic heterocycles. The molecule has 4 nitrogen and oxygen atoms in total. The number of rotatable bonds is 7. The molecule has 4 heteroatoms. The van der Waals surface area contributed by atoms with Crippen LogP contribution in [0.2, 0.25) is 0 Å². The first-order valence-electron chi connectivity index (χ1n) is 13.4. The van der Waals surface area contributed by atoms with Gasteiger partial charge in [-0.2, -0.15) is 0 Å². The first kappa shape index (κ1) is 23.1. The lowest BCUT2D eigenvalue weighted by molar-refractivity contribution is -0.136. The first-order chi connectivity index (χ1) is 16.7. The Hall–Kier alpha value is -2.62. The Morgan fingerprint density at radius 1 is 0.941 bits per heavy atom. The largest absolute Gasteiger partial charge is 0.481 e. The molecule has 34 heavy (non-hydrogen) atoms. The Labute approximate surface area is 203 Å². The Morgan fingerprint density at radius 3 is 2.32 bits per heavy atom. The fraction of sp³-hybridized carbons (Fsp3) is 0.533. The van der Waals surface area contributed by atoms with Gasteiger partial charge in [0.25, 0.3) is 0 Å². The number of carboxylic acid groups (broad SMARTS) is 1. The summed E-state index contributed by atoms with van der Waals surface area (Å²) in [6, 6.07) is 8.48. The van der Waals surface area contributed by atoms with Gasteiger partial charge in [0.15, 0.2) is 0 Å². The molecule has 2 fully saturated rings. The van der Waals surface area contributed by atoms with Gasteiger partial charge in [-0.15, -0.1) is 0 Å². The quantitative estimate of drug-likeness (QED) is 0.451. The van der Waals surface area contributed by atoms with Gasteiger partial charge < -0.3 is 9.52 Å². The van der Waals surface area contributed by atoms with Gasteiger partial charge in [0.1, 0.15) is 5.76 Å². The SMILES string of the molecule is O=C(O)CCC1=CCCC(c2ccccc2-c2nc(C3CCCCC3)c(C3CCCCC3)o2)=C1. The van der Waals surface area contributed by atoms with Crippen LogP contribution < -0.4 is 0 Å². The molecule has 1 N–H and O–H groups in total. The van der Waals surface area contributed by atoms with Crippen LogP contribution in [0, 0.1) is 0 Å². The van der Waals surface area contributed by atoms with Gasteiger partial charge in [-0.05, 0) is 62.1 Å². The fourth-order valence-corrected chi connectivity index (χ4v) is 6.14. The summed E-state index contributed by atoms with van der Waals surface area (Å²) in [5, 5.41) is 9.09. The van der Waals surface area contributed by atoms with Crippen molar-refractivity contribution in [3.05, 3.63) is 59.0 Å². The number of hydrogen-bond donors (Lipinski definition) is 1. The van der Waals surface area contributed by atoms with Crippen LogP contribution in [-0.4, -0.2) is 16.1 Å². The molecule has 0 atom stereocenters. The van der Waals surface area contributed by atoms with Crippen LogP contribution in [0.5, 0.6) is 0 Å². The summed E-state index contributed by atoms with van der Waals surface area (Å²) in [7, 11) is 0. The average molecular weight is 460 g/mol. The zero-order valence-electron chi connectivity index (χ0n) is 20.2. The number of carboxylic acids is 1. The second-order valence-electron chi connectivity index (χ2n) is 10.4. The highest BCUT2D eigenvalue weighted by molar-refractivity contribution is 5.80. The van der Waals surface area contributed by atoms with Crippen LogP contribution >= 0.6 is 0 Å². The summed E-state index contributed by atoms with van der Waals surface area (Å²) in [5.74, 6) is 2.26. The third-order valence-corrected chi connectivity index (χ3v) is 7.96. The molecule has 180 valence electrons. The molecular formula is C30H37NO3. The van der Waals surface area contributed by atoms with Crippen LogP contribution in [0.15, 0.2) is 46.4 Å². The minimum Gasteiger partial charge on any atom is -0.481 e. The van der Waals surface area contributed by atoms with E-state index in [-0.39, 0.29) is 6.42 Å². The Kier molecular flexibility index (Phi) is 7.32. The molecular weight excluding hydrogens is 422 g/mol. The van der Waals surface area contributed by atoms with E-state index in [0.717, 1.165) is 29.9 Å². The Morgan fingerprint density at radius 2 is 1.62 bits per heavy atom. The van der Waals surface area contributed by atoms with Crippen molar-refractivity contribution >= 4 is 11.5 Å². The predicted octanol–water partition coefficient (Wildman–Crippen LogP) is 8.41. The van der Waals surface area contributed by atoms with Crippen molar-refractivity contribution in [2.75, 3.05) is 0 Å². The zero-order chi connectivity index (χ0) is 23.3. The fourth-order valence-electron chi connectivity index (χ4n) is 6.14. The summed E-state index contributed by atoms with van der Waals surface area (Å²) in [5.41, 5.74) is 5.88. The second kappa shape index (κ2) is 10.8. The number of carbonyl (C=O) groups is 1. The van der Waals surface area contributed by atoms with E-state index in [1.807, 2.05) is 0 Å². The average Bonchev–Trinajstić information content (AvgIpc) is 3.34. The first-order valence-corrected chi connectivity index (χ1v) is 13.4. The number of oxazole rings is 1. The van der Waals surface area contributed by atoms with E-state index in [1.165, 1.54) is 86.8 Å². The number of aliphatic carboxylic acids is 1. The van der Waals surface area contributed by atoms with Gasteiger partial charge in [-0.3, -0.25) is 4.79 Å². The standard InChI is InChI=1S/C30H37NO3/c32-27(33)19-18-21-10-9-15-24(20-21)25-16-7-8-17-26(25)30-31-28(22-11-3-1-4-12-22)29(34-30)23-13-5-2-6-14-23/h7-8,10,16-17,20,22-23H,1-6,9,11-15,18-19H2,(H,32,33). The summed E-state index contributed by atoms with van der Waals surface area (Å²) < 4.78 is 6.70. The lowest BCUT2D eigenvalue weighted by Crippen LogP contribution is -2.11. The Balaban J connectivity index is 1.50. The van der Waals surface area contributed by atoms with Crippen LogP contribution in [0.3, 0.4) is 0 Å². The van der Waals surface area contributed by atoms with Gasteiger partial charge >= 0.3 is 5.97 Å². The third-order valence-electron chi connectivity index (χ3n) is 7.96. The highest BCUT2D eigenvalue weighted by atomic mass is 16.4. The van der Waals surface area contributed by atoms with E-state index in [9.17, 15) is 4.79 Å². The van der Waals surface area contributed by atoms with Crippen molar-refractivity contribution in [1.29, 1.82) is 0 Å². The molecule has 3 aliphatic rings. The third kappa shape index (κ3) is 5.21. The van der Waals surface area contributed by atoms with E-state index >= 15 is 0 Å². The maximum absolute atomic E-state index is 11.1. The normalized spacial score (nSPS) is 20.1. The minimum atomic E-state index is -0.743. The summed E-state index contributed by atoms with van der Waals surface area (Å²) in [6.07, 6.45) is 19.8. The maximum atomic E-state index is 11.1. The molecule has 0 bridgehead atoms. The molecule has 1 aromatic heterocycles. The highest BCUT2D eigenvalue weighted by Crippen LogP contribution is 2.44. The maximum Gasteiger partial charge on any atom is 0.303 e. The molecule has 2 saturated carbocycles. The number of aromatic nitrogens is 1. The van der Waals surface area contributed by atoms with E-state index < -0.39 is 5.97 Å². The number of benzene rings is 1. The van der Waals surface area contributed by atoms with E-state index in [0.29, 0.717) is 18.3 Å². The topological polar surface area (TPSA) is 63.3 Å². The van der Waals surface area contributed by atoms with Crippen molar-refractivity contribution in [2.45, 2.75) is 102 Å². The zero-order valence-corrected chi connectivity index (χ0v) is 20.2. The lowest BCUT2D eigenvalue weighted by atomic mass is 9.81.